The molecule has 0 radical (unpaired) electrons. The van der Waals surface area contributed by atoms with Crippen LogP contribution in [-0.4, -0.2) is 68.1 Å². The summed E-state index contributed by atoms with van der Waals surface area (Å²) in [4.78, 5) is 13.7. The van der Waals surface area contributed by atoms with Gasteiger partial charge in [-0.25, -0.2) is 4.98 Å². The summed E-state index contributed by atoms with van der Waals surface area (Å²) in [6.07, 6.45) is 3.61. The fourth-order valence-electron chi connectivity index (χ4n) is 2.86. The highest BCUT2D eigenvalue weighted by Crippen LogP contribution is 2.20. The maximum absolute atomic E-state index is 5.34. The molecular weight excluding hydrogens is 346 g/mol. The number of ether oxygens (including phenoxy) is 1. The summed E-state index contributed by atoms with van der Waals surface area (Å²) in [5.74, 6) is 0.914. The van der Waals surface area contributed by atoms with Crippen molar-refractivity contribution in [3.05, 3.63) is 16.1 Å². The highest BCUT2D eigenvalue weighted by atomic mass is 32.1. The van der Waals surface area contributed by atoms with Crippen molar-refractivity contribution in [1.29, 1.82) is 0 Å². The average Bonchev–Trinajstić information content (AvgIpc) is 3.09. The molecule has 1 unspecified atom stereocenters. The van der Waals surface area contributed by atoms with Gasteiger partial charge < -0.3 is 19.9 Å². The Hall–Kier alpha value is -1.18. The molecule has 0 aliphatic carbocycles. The molecule has 1 heterocycles. The monoisotopic (exact) mass is 383 g/mol. The summed E-state index contributed by atoms with van der Waals surface area (Å²) >= 11 is 1.65. The second kappa shape index (κ2) is 13.1. The summed E-state index contributed by atoms with van der Waals surface area (Å²) in [5.41, 5.74) is 1.05. The maximum Gasteiger partial charge on any atom is 0.193 e. The molecule has 26 heavy (non-hydrogen) atoms. The Bertz CT molecular complexity index is 514. The van der Waals surface area contributed by atoms with E-state index in [1.54, 1.807) is 18.4 Å². The van der Waals surface area contributed by atoms with Crippen LogP contribution < -0.4 is 5.32 Å². The number of nitrogens with zero attached hydrogens (tertiary/aromatic N) is 4. The Labute approximate surface area is 163 Å². The molecule has 1 atom stereocenters. The summed E-state index contributed by atoms with van der Waals surface area (Å²) in [7, 11) is 5.60. The zero-order valence-electron chi connectivity index (χ0n) is 17.4. The lowest BCUT2D eigenvalue weighted by atomic mass is 10.3. The normalized spacial score (nSPS) is 13.3. The van der Waals surface area contributed by atoms with Gasteiger partial charge in [-0.15, -0.1) is 11.3 Å². The topological polar surface area (TPSA) is 53.0 Å². The third kappa shape index (κ3) is 8.01. The molecule has 0 aliphatic heterocycles. The Morgan fingerprint density at radius 1 is 1.31 bits per heavy atom. The van der Waals surface area contributed by atoms with Crippen LogP contribution >= 0.6 is 11.3 Å². The van der Waals surface area contributed by atoms with Crippen molar-refractivity contribution < 1.29 is 4.74 Å². The highest BCUT2D eigenvalue weighted by molar-refractivity contribution is 7.09. The Morgan fingerprint density at radius 3 is 2.58 bits per heavy atom. The number of methoxy groups -OCH3 is 1. The van der Waals surface area contributed by atoms with E-state index in [0.717, 1.165) is 42.7 Å². The first-order valence-corrected chi connectivity index (χ1v) is 10.5. The van der Waals surface area contributed by atoms with Crippen LogP contribution in [0.2, 0.25) is 0 Å². The van der Waals surface area contributed by atoms with E-state index in [9.17, 15) is 0 Å². The zero-order chi connectivity index (χ0) is 19.4. The third-order valence-electron chi connectivity index (χ3n) is 4.26. The van der Waals surface area contributed by atoms with Crippen LogP contribution in [0.4, 0.5) is 0 Å². The van der Waals surface area contributed by atoms with E-state index in [1.807, 2.05) is 14.0 Å². The van der Waals surface area contributed by atoms with E-state index < -0.39 is 0 Å². The lowest BCUT2D eigenvalue weighted by molar-refractivity contribution is 0.119. The van der Waals surface area contributed by atoms with E-state index >= 15 is 0 Å². The van der Waals surface area contributed by atoms with E-state index in [4.69, 9.17) is 4.74 Å². The lowest BCUT2D eigenvalue weighted by Crippen LogP contribution is -2.40. The van der Waals surface area contributed by atoms with Crippen LogP contribution in [0.5, 0.6) is 0 Å². The van der Waals surface area contributed by atoms with Gasteiger partial charge in [0, 0.05) is 33.1 Å². The number of aromatic nitrogens is 1. The molecule has 0 bridgehead atoms. The minimum absolute atomic E-state index is 0.0469. The van der Waals surface area contributed by atoms with Gasteiger partial charge in [0.15, 0.2) is 5.96 Å². The van der Waals surface area contributed by atoms with Crippen LogP contribution in [0.1, 0.15) is 56.8 Å². The van der Waals surface area contributed by atoms with Crippen molar-refractivity contribution in [2.75, 3.05) is 47.4 Å². The van der Waals surface area contributed by atoms with Crippen molar-refractivity contribution in [1.82, 2.24) is 20.1 Å². The van der Waals surface area contributed by atoms with Crippen LogP contribution in [-0.2, 0) is 11.3 Å². The van der Waals surface area contributed by atoms with Gasteiger partial charge in [0.2, 0.25) is 0 Å². The highest BCUT2D eigenvalue weighted by Gasteiger charge is 2.12. The lowest BCUT2D eigenvalue weighted by Gasteiger charge is -2.23. The fraction of sp³-hybridized carbons (Fsp3) is 0.789. The molecule has 1 rings (SSSR count). The maximum atomic E-state index is 5.34. The first-order chi connectivity index (χ1) is 12.5. The van der Waals surface area contributed by atoms with Gasteiger partial charge in [-0.1, -0.05) is 13.8 Å². The van der Waals surface area contributed by atoms with Crippen molar-refractivity contribution in [3.8, 4) is 0 Å². The van der Waals surface area contributed by atoms with E-state index in [2.05, 4.69) is 51.4 Å². The van der Waals surface area contributed by atoms with Crippen LogP contribution in [0, 0.1) is 0 Å². The second-order valence-electron chi connectivity index (χ2n) is 6.58. The molecule has 0 saturated heterocycles. The van der Waals surface area contributed by atoms with Crippen LogP contribution in [0.15, 0.2) is 10.4 Å². The summed E-state index contributed by atoms with van der Waals surface area (Å²) < 4.78 is 5.34. The van der Waals surface area contributed by atoms with E-state index in [0.29, 0.717) is 0 Å². The quantitative estimate of drug-likeness (QED) is 0.341. The molecule has 6 nitrogen and oxygen atoms in total. The number of hydrogen-bond acceptors (Lipinski definition) is 5. The minimum atomic E-state index is 0.0469. The minimum Gasteiger partial charge on any atom is -0.375 e. The van der Waals surface area contributed by atoms with Gasteiger partial charge in [-0.2, -0.15) is 0 Å². The Morgan fingerprint density at radius 2 is 2.00 bits per heavy atom. The number of nitrogens with one attached hydrogen (secondary N) is 1. The van der Waals surface area contributed by atoms with E-state index in [1.165, 1.54) is 25.9 Å². The number of thiazole rings is 1. The molecule has 0 aliphatic rings. The molecule has 0 saturated carbocycles. The average molecular weight is 384 g/mol. The van der Waals surface area contributed by atoms with Gasteiger partial charge in [-0.05, 0) is 45.8 Å². The Kier molecular flexibility index (Phi) is 11.5. The van der Waals surface area contributed by atoms with Gasteiger partial charge in [-0.3, -0.25) is 4.99 Å². The first-order valence-electron chi connectivity index (χ1n) is 9.66. The molecular formula is C19H37N5OS. The number of aliphatic imine (C=N–C) groups is 1. The van der Waals surface area contributed by atoms with E-state index in [-0.39, 0.29) is 6.10 Å². The van der Waals surface area contributed by atoms with Crippen molar-refractivity contribution in [2.45, 2.75) is 52.7 Å². The summed E-state index contributed by atoms with van der Waals surface area (Å²) in [6, 6.07) is 0. The van der Waals surface area contributed by atoms with Gasteiger partial charge in [0.05, 0.1) is 12.2 Å². The predicted molar refractivity (Wildman–Crippen MR) is 112 cm³/mol. The molecule has 1 aromatic rings. The molecule has 0 amide bonds. The number of rotatable bonds is 12. The predicted octanol–water partition coefficient (Wildman–Crippen LogP) is 3.37. The van der Waals surface area contributed by atoms with Gasteiger partial charge in [0.1, 0.15) is 11.1 Å². The van der Waals surface area contributed by atoms with Crippen molar-refractivity contribution >= 4 is 17.3 Å². The van der Waals surface area contributed by atoms with Gasteiger partial charge in [0.25, 0.3) is 0 Å². The second-order valence-corrected chi connectivity index (χ2v) is 7.47. The molecule has 1 N–H and O–H groups in total. The first kappa shape index (κ1) is 22.9. The van der Waals surface area contributed by atoms with Crippen LogP contribution in [0.25, 0.3) is 0 Å². The summed E-state index contributed by atoms with van der Waals surface area (Å²) in [6.45, 7) is 11.7. The van der Waals surface area contributed by atoms with Gasteiger partial charge >= 0.3 is 0 Å². The molecule has 7 heteroatoms. The molecule has 1 aromatic heterocycles. The number of hydrogen-bond donors (Lipinski definition) is 1. The van der Waals surface area contributed by atoms with Crippen molar-refractivity contribution in [2.24, 2.45) is 4.99 Å². The standard InChI is InChI=1S/C19H37N5OS/c1-7-11-24(12-8-2)13-9-10-21-19(20-4)23(5)14-17-15-26-18(22-17)16(3)25-6/h15-16H,7-14H2,1-6H3,(H,20,21). The smallest absolute Gasteiger partial charge is 0.193 e. The van der Waals surface area contributed by atoms with Crippen LogP contribution in [0.3, 0.4) is 0 Å². The number of guanidine groups is 1. The zero-order valence-corrected chi connectivity index (χ0v) is 18.2. The third-order valence-corrected chi connectivity index (χ3v) is 5.31. The Balaban J connectivity index is 2.41. The fourth-order valence-corrected chi connectivity index (χ4v) is 3.70. The molecule has 0 aromatic carbocycles. The molecule has 0 spiro atoms. The largest absolute Gasteiger partial charge is 0.375 e. The van der Waals surface area contributed by atoms with Crippen molar-refractivity contribution in [3.63, 3.8) is 0 Å². The summed E-state index contributed by atoms with van der Waals surface area (Å²) in [5, 5.41) is 6.59. The SMILES string of the molecule is CCCN(CCC)CCCNC(=NC)N(C)Cc1csc(C(C)OC)n1. The molecule has 150 valence electrons. The molecule has 0 fully saturated rings.